The molecule has 7 nitrogen and oxygen atoms in total. The van der Waals surface area contributed by atoms with Gasteiger partial charge in [-0.3, -0.25) is 10.1 Å². The van der Waals surface area contributed by atoms with Gasteiger partial charge < -0.3 is 18.6 Å². The van der Waals surface area contributed by atoms with Gasteiger partial charge in [0, 0.05) is 23.6 Å². The first-order chi connectivity index (χ1) is 12.6. The summed E-state index contributed by atoms with van der Waals surface area (Å²) in [4.78, 5) is 16.4. The van der Waals surface area contributed by atoms with Crippen molar-refractivity contribution in [3.63, 3.8) is 0 Å². The zero-order valence-electron chi connectivity index (χ0n) is 14.6. The molecule has 0 aliphatic heterocycles. The second-order valence-electron chi connectivity index (χ2n) is 5.35. The molecule has 2 heterocycles. The molecule has 0 aliphatic carbocycles. The van der Waals surface area contributed by atoms with Gasteiger partial charge in [-0.25, -0.2) is 4.98 Å². The fourth-order valence-corrected chi connectivity index (χ4v) is 2.85. The maximum absolute atomic E-state index is 12.2. The van der Waals surface area contributed by atoms with Gasteiger partial charge in [0.2, 0.25) is 0 Å². The molecule has 1 amide bonds. The molecule has 0 fully saturated rings. The highest BCUT2D eigenvalue weighted by molar-refractivity contribution is 7.13. The van der Waals surface area contributed by atoms with Crippen molar-refractivity contribution >= 4 is 22.4 Å². The summed E-state index contributed by atoms with van der Waals surface area (Å²) in [6, 6.07) is 8.52. The number of benzene rings is 1. The molecule has 0 saturated heterocycles. The van der Waals surface area contributed by atoms with Crippen LogP contribution in [0, 0.1) is 6.92 Å². The molecule has 3 aromatic rings. The first-order valence-electron chi connectivity index (χ1n) is 7.75. The predicted octanol–water partition coefficient (Wildman–Crippen LogP) is 3.89. The zero-order chi connectivity index (χ0) is 18.5. The number of thiazole rings is 1. The highest BCUT2D eigenvalue weighted by Crippen LogP contribution is 2.28. The van der Waals surface area contributed by atoms with Crippen LogP contribution in [-0.4, -0.2) is 25.1 Å². The van der Waals surface area contributed by atoms with Crippen molar-refractivity contribution in [2.24, 2.45) is 0 Å². The number of rotatable bonds is 7. The number of hydrogen-bond acceptors (Lipinski definition) is 7. The number of ether oxygens (including phenoxy) is 3. The number of nitrogens with one attached hydrogen (secondary N) is 1. The number of aryl methyl sites for hydroxylation is 1. The summed E-state index contributed by atoms with van der Waals surface area (Å²) in [6.45, 7) is 2.03. The van der Waals surface area contributed by atoms with E-state index in [4.69, 9.17) is 18.6 Å². The van der Waals surface area contributed by atoms with Gasteiger partial charge in [0.1, 0.15) is 29.6 Å². The van der Waals surface area contributed by atoms with Gasteiger partial charge >= 0.3 is 0 Å². The van der Waals surface area contributed by atoms with E-state index in [-0.39, 0.29) is 18.3 Å². The second kappa shape index (κ2) is 7.92. The summed E-state index contributed by atoms with van der Waals surface area (Å²) in [7, 11) is 3.14. The Morgan fingerprint density at radius 1 is 1.15 bits per heavy atom. The van der Waals surface area contributed by atoms with Crippen molar-refractivity contribution in [1.82, 2.24) is 4.98 Å². The van der Waals surface area contributed by atoms with Crippen molar-refractivity contribution in [2.75, 3.05) is 19.5 Å². The van der Waals surface area contributed by atoms with Crippen LogP contribution in [0.4, 0.5) is 5.13 Å². The van der Waals surface area contributed by atoms with Crippen LogP contribution >= 0.6 is 11.3 Å². The minimum Gasteiger partial charge on any atom is -0.496 e. The van der Waals surface area contributed by atoms with Crippen molar-refractivity contribution in [2.45, 2.75) is 13.5 Å². The number of amides is 1. The molecule has 3 rings (SSSR count). The number of methoxy groups -OCH3 is 2. The summed E-state index contributed by atoms with van der Waals surface area (Å²) >= 11 is 1.36. The number of anilines is 1. The third kappa shape index (κ3) is 4.34. The number of hydrogen-bond donors (Lipinski definition) is 1. The average Bonchev–Trinajstić information content (AvgIpc) is 3.28. The van der Waals surface area contributed by atoms with Crippen LogP contribution in [0.3, 0.4) is 0 Å². The summed E-state index contributed by atoms with van der Waals surface area (Å²) in [6.07, 6.45) is 0. The first kappa shape index (κ1) is 17.8. The van der Waals surface area contributed by atoms with E-state index in [9.17, 15) is 4.79 Å². The Labute approximate surface area is 154 Å². The molecule has 0 aliphatic rings. The molecule has 0 spiro atoms. The minimum absolute atomic E-state index is 0.167. The molecule has 0 radical (unpaired) electrons. The van der Waals surface area contributed by atoms with Crippen LogP contribution in [-0.2, 0) is 6.61 Å². The summed E-state index contributed by atoms with van der Waals surface area (Å²) in [5, 5.41) is 5.09. The maximum atomic E-state index is 12.2. The fourth-order valence-electron chi connectivity index (χ4n) is 2.17. The van der Waals surface area contributed by atoms with Crippen LogP contribution in [0.5, 0.6) is 17.2 Å². The van der Waals surface area contributed by atoms with Crippen LogP contribution in [0.25, 0.3) is 0 Å². The molecular formula is C18H18N2O5S. The molecule has 1 N–H and O–H groups in total. The van der Waals surface area contributed by atoms with Gasteiger partial charge in [0.05, 0.1) is 19.9 Å². The van der Waals surface area contributed by atoms with Crippen molar-refractivity contribution in [3.8, 4) is 17.2 Å². The first-order valence-corrected chi connectivity index (χ1v) is 8.63. The maximum Gasteiger partial charge on any atom is 0.293 e. The molecule has 0 unspecified atom stereocenters. The second-order valence-corrected chi connectivity index (χ2v) is 6.21. The Morgan fingerprint density at radius 2 is 1.85 bits per heavy atom. The molecule has 136 valence electrons. The number of nitrogens with zero attached hydrogens (tertiary/aromatic N) is 1. The van der Waals surface area contributed by atoms with Gasteiger partial charge in [-0.05, 0) is 19.1 Å². The Hall–Kier alpha value is -3.00. The molecule has 0 bridgehead atoms. The lowest BCUT2D eigenvalue weighted by molar-refractivity contribution is 0.0992. The lowest BCUT2D eigenvalue weighted by atomic mass is 10.3. The monoisotopic (exact) mass is 374 g/mol. The molecule has 1 aromatic carbocycles. The number of furan rings is 1. The SMILES string of the molecule is COc1cc(OC)cc(OCc2ccc(C(=O)Nc3nc(C)cs3)o2)c1. The van der Waals surface area contributed by atoms with Gasteiger partial charge in [-0.2, -0.15) is 0 Å². The number of carbonyl (C=O) groups excluding carboxylic acids is 1. The van der Waals surface area contributed by atoms with Gasteiger partial charge in [-0.1, -0.05) is 0 Å². The zero-order valence-corrected chi connectivity index (χ0v) is 15.4. The Kier molecular flexibility index (Phi) is 5.43. The predicted molar refractivity (Wildman–Crippen MR) is 97.4 cm³/mol. The van der Waals surface area contributed by atoms with E-state index >= 15 is 0 Å². The van der Waals surface area contributed by atoms with E-state index in [1.165, 1.54) is 11.3 Å². The number of carbonyl (C=O) groups is 1. The third-order valence-corrected chi connectivity index (χ3v) is 4.31. The van der Waals surface area contributed by atoms with Crippen molar-refractivity contribution in [3.05, 3.63) is 52.9 Å². The van der Waals surface area contributed by atoms with E-state index < -0.39 is 0 Å². The van der Waals surface area contributed by atoms with Crippen LogP contribution in [0.2, 0.25) is 0 Å². The van der Waals surface area contributed by atoms with Gasteiger partial charge in [0.15, 0.2) is 10.9 Å². The normalized spacial score (nSPS) is 10.4. The highest BCUT2D eigenvalue weighted by Gasteiger charge is 2.13. The van der Waals surface area contributed by atoms with Gasteiger partial charge in [-0.15, -0.1) is 11.3 Å². The van der Waals surface area contributed by atoms with E-state index in [0.717, 1.165) is 5.69 Å². The van der Waals surface area contributed by atoms with Gasteiger partial charge in [0.25, 0.3) is 5.91 Å². The molecule has 8 heteroatoms. The lowest BCUT2D eigenvalue weighted by Crippen LogP contribution is -2.10. The number of aromatic nitrogens is 1. The van der Waals surface area contributed by atoms with Crippen LogP contribution < -0.4 is 19.5 Å². The molecule has 0 saturated carbocycles. The van der Waals surface area contributed by atoms with Crippen molar-refractivity contribution in [1.29, 1.82) is 0 Å². The van der Waals surface area contributed by atoms with E-state index in [2.05, 4.69) is 10.3 Å². The van der Waals surface area contributed by atoms with Crippen LogP contribution in [0.1, 0.15) is 22.0 Å². The van der Waals surface area contributed by atoms with E-state index in [1.807, 2.05) is 12.3 Å². The molecule has 0 atom stereocenters. The standard InChI is InChI=1S/C18H18N2O5S/c1-11-10-26-18(19-11)20-17(21)16-5-4-12(25-16)9-24-15-7-13(22-2)6-14(8-15)23-3/h4-8,10H,9H2,1-3H3,(H,19,20,21). The summed E-state index contributed by atoms with van der Waals surface area (Å²) in [5.41, 5.74) is 0.854. The van der Waals surface area contributed by atoms with E-state index in [1.54, 1.807) is 44.6 Å². The fraction of sp³-hybridized carbons (Fsp3) is 0.222. The lowest BCUT2D eigenvalue weighted by Gasteiger charge is -2.09. The summed E-state index contributed by atoms with van der Waals surface area (Å²) < 4.78 is 21.6. The Bertz CT molecular complexity index is 880. The van der Waals surface area contributed by atoms with E-state index in [0.29, 0.717) is 28.1 Å². The Balaban J connectivity index is 1.62. The van der Waals surface area contributed by atoms with Crippen LogP contribution in [0.15, 0.2) is 40.1 Å². The molecule has 26 heavy (non-hydrogen) atoms. The average molecular weight is 374 g/mol. The molecule has 2 aromatic heterocycles. The Morgan fingerprint density at radius 3 is 2.46 bits per heavy atom. The largest absolute Gasteiger partial charge is 0.496 e. The quantitative estimate of drug-likeness (QED) is 0.675. The smallest absolute Gasteiger partial charge is 0.293 e. The third-order valence-electron chi connectivity index (χ3n) is 3.43. The highest BCUT2D eigenvalue weighted by atomic mass is 32.1. The minimum atomic E-state index is -0.353. The topological polar surface area (TPSA) is 82.8 Å². The summed E-state index contributed by atoms with van der Waals surface area (Å²) in [5.74, 6) is 2.18. The van der Waals surface area contributed by atoms with Crippen molar-refractivity contribution < 1.29 is 23.4 Å². The molecular weight excluding hydrogens is 356 g/mol.